The first kappa shape index (κ1) is 24.9. The van der Waals surface area contributed by atoms with Crippen molar-refractivity contribution in [2.45, 2.75) is 38.7 Å². The van der Waals surface area contributed by atoms with Gasteiger partial charge in [0.25, 0.3) is 0 Å². The zero-order valence-electron chi connectivity index (χ0n) is 17.1. The molecule has 2 rings (SSSR count). The smallest absolute Gasteiger partial charge is 0.193 e. The maximum absolute atomic E-state index is 9.58. The van der Waals surface area contributed by atoms with Gasteiger partial charge in [0.15, 0.2) is 5.96 Å². The van der Waals surface area contributed by atoms with E-state index in [1.54, 1.807) is 7.11 Å². The Bertz CT molecular complexity index is 406. The molecule has 0 spiro atoms. The van der Waals surface area contributed by atoms with Crippen LogP contribution in [0.25, 0.3) is 0 Å². The van der Waals surface area contributed by atoms with Crippen molar-refractivity contribution in [1.82, 2.24) is 15.1 Å². The van der Waals surface area contributed by atoms with Crippen molar-refractivity contribution in [2.24, 2.45) is 10.9 Å². The first-order chi connectivity index (χ1) is 12.7. The quantitative estimate of drug-likeness (QED) is 0.206. The Kier molecular flexibility index (Phi) is 13.6. The Morgan fingerprint density at radius 1 is 1.19 bits per heavy atom. The van der Waals surface area contributed by atoms with Crippen molar-refractivity contribution in [3.63, 3.8) is 0 Å². The molecule has 0 bridgehead atoms. The summed E-state index contributed by atoms with van der Waals surface area (Å²) in [7, 11) is 1.70. The molecule has 0 aromatic rings. The number of likely N-dealkylation sites (tertiary alicyclic amines) is 2. The number of hydrogen-bond acceptors (Lipinski definition) is 5. The normalized spacial score (nSPS) is 22.1. The Labute approximate surface area is 181 Å². The van der Waals surface area contributed by atoms with Crippen molar-refractivity contribution < 1.29 is 14.6 Å². The summed E-state index contributed by atoms with van der Waals surface area (Å²) in [5, 5.41) is 13.0. The van der Waals surface area contributed by atoms with E-state index in [-0.39, 0.29) is 30.1 Å². The molecule has 0 amide bonds. The summed E-state index contributed by atoms with van der Waals surface area (Å²) in [4.78, 5) is 9.64. The fraction of sp³-hybridized carbons (Fsp3) is 0.947. The molecular formula is C19H39IN4O3. The number of aliphatic hydroxyl groups is 1. The lowest BCUT2D eigenvalue weighted by Crippen LogP contribution is -2.40. The molecule has 7 nitrogen and oxygen atoms in total. The lowest BCUT2D eigenvalue weighted by atomic mass is 10.1. The Balaban J connectivity index is 0.00000364. The number of methoxy groups -OCH3 is 1. The third kappa shape index (κ3) is 9.74. The van der Waals surface area contributed by atoms with E-state index in [9.17, 15) is 5.11 Å². The van der Waals surface area contributed by atoms with Crippen molar-refractivity contribution >= 4 is 29.9 Å². The van der Waals surface area contributed by atoms with Gasteiger partial charge >= 0.3 is 0 Å². The fourth-order valence-corrected chi connectivity index (χ4v) is 3.60. The van der Waals surface area contributed by atoms with Gasteiger partial charge in [-0.25, -0.2) is 0 Å². The minimum atomic E-state index is -0.0915. The SMILES string of the molecule is CCNC(=NCCCN1CCC(O)CC1)N1CCC(COCCOC)C1.I. The topological polar surface area (TPSA) is 69.6 Å². The monoisotopic (exact) mass is 498 g/mol. The van der Waals surface area contributed by atoms with E-state index in [4.69, 9.17) is 14.5 Å². The molecule has 2 fully saturated rings. The predicted octanol–water partition coefficient (Wildman–Crippen LogP) is 1.40. The number of piperidine rings is 1. The number of halogens is 1. The van der Waals surface area contributed by atoms with E-state index >= 15 is 0 Å². The molecule has 27 heavy (non-hydrogen) atoms. The van der Waals surface area contributed by atoms with Crippen LogP contribution in [-0.2, 0) is 9.47 Å². The Hall–Kier alpha value is -0.160. The van der Waals surface area contributed by atoms with Crippen LogP contribution in [0.15, 0.2) is 4.99 Å². The molecule has 1 unspecified atom stereocenters. The minimum Gasteiger partial charge on any atom is -0.393 e. The summed E-state index contributed by atoms with van der Waals surface area (Å²) >= 11 is 0. The maximum Gasteiger partial charge on any atom is 0.193 e. The number of aliphatic hydroxyl groups excluding tert-OH is 1. The van der Waals surface area contributed by atoms with Crippen LogP contribution in [-0.4, -0.2) is 99.7 Å². The number of guanidine groups is 1. The van der Waals surface area contributed by atoms with Crippen LogP contribution >= 0.6 is 24.0 Å². The van der Waals surface area contributed by atoms with Crippen LogP contribution in [0.4, 0.5) is 0 Å². The molecule has 2 saturated heterocycles. The van der Waals surface area contributed by atoms with E-state index in [0.717, 1.165) is 84.1 Å². The van der Waals surface area contributed by atoms with Gasteiger partial charge in [0.1, 0.15) is 0 Å². The second kappa shape index (κ2) is 14.8. The number of aliphatic imine (C=N–C) groups is 1. The minimum absolute atomic E-state index is 0. The predicted molar refractivity (Wildman–Crippen MR) is 120 cm³/mol. The van der Waals surface area contributed by atoms with Crippen molar-refractivity contribution in [2.75, 3.05) is 72.7 Å². The second-order valence-corrected chi connectivity index (χ2v) is 7.33. The molecule has 0 saturated carbocycles. The molecule has 0 aromatic carbocycles. The van der Waals surface area contributed by atoms with Crippen LogP contribution in [0.2, 0.25) is 0 Å². The first-order valence-corrected chi connectivity index (χ1v) is 10.2. The lowest BCUT2D eigenvalue weighted by molar-refractivity contribution is 0.0536. The summed E-state index contributed by atoms with van der Waals surface area (Å²) < 4.78 is 10.7. The van der Waals surface area contributed by atoms with E-state index in [1.165, 1.54) is 0 Å². The van der Waals surface area contributed by atoms with Gasteiger partial charge in [-0.15, -0.1) is 24.0 Å². The molecule has 0 aliphatic carbocycles. The summed E-state index contributed by atoms with van der Waals surface area (Å²) in [6, 6.07) is 0. The lowest BCUT2D eigenvalue weighted by Gasteiger charge is -2.29. The van der Waals surface area contributed by atoms with Crippen LogP contribution in [0, 0.1) is 5.92 Å². The zero-order valence-corrected chi connectivity index (χ0v) is 19.4. The number of rotatable bonds is 10. The van der Waals surface area contributed by atoms with Gasteiger partial charge in [0, 0.05) is 52.3 Å². The number of nitrogens with one attached hydrogen (secondary N) is 1. The van der Waals surface area contributed by atoms with Gasteiger partial charge < -0.3 is 29.7 Å². The van der Waals surface area contributed by atoms with Crippen molar-refractivity contribution in [3.8, 4) is 0 Å². The van der Waals surface area contributed by atoms with Crippen molar-refractivity contribution in [3.05, 3.63) is 0 Å². The fourth-order valence-electron chi connectivity index (χ4n) is 3.60. The highest BCUT2D eigenvalue weighted by Crippen LogP contribution is 2.17. The van der Waals surface area contributed by atoms with Gasteiger partial charge in [0.05, 0.1) is 25.9 Å². The molecule has 2 aliphatic heterocycles. The van der Waals surface area contributed by atoms with Gasteiger partial charge in [0.2, 0.25) is 0 Å². The number of nitrogens with zero attached hydrogens (tertiary/aromatic N) is 3. The number of ether oxygens (including phenoxy) is 2. The van der Waals surface area contributed by atoms with Gasteiger partial charge in [-0.3, -0.25) is 4.99 Å². The van der Waals surface area contributed by atoms with Gasteiger partial charge in [-0.2, -0.15) is 0 Å². The molecule has 2 heterocycles. The van der Waals surface area contributed by atoms with Crippen LogP contribution in [0.1, 0.15) is 32.6 Å². The van der Waals surface area contributed by atoms with Gasteiger partial charge in [-0.05, 0) is 39.2 Å². The highest BCUT2D eigenvalue weighted by atomic mass is 127. The van der Waals surface area contributed by atoms with Crippen molar-refractivity contribution in [1.29, 1.82) is 0 Å². The average Bonchev–Trinajstić information content (AvgIpc) is 3.12. The molecule has 0 aromatic heterocycles. The third-order valence-corrected chi connectivity index (χ3v) is 5.16. The molecule has 1 atom stereocenters. The molecule has 2 N–H and O–H groups in total. The van der Waals surface area contributed by atoms with Crippen LogP contribution in [0.5, 0.6) is 0 Å². The molecule has 160 valence electrons. The average molecular weight is 498 g/mol. The maximum atomic E-state index is 9.58. The molecular weight excluding hydrogens is 459 g/mol. The van der Waals surface area contributed by atoms with Crippen LogP contribution in [0.3, 0.4) is 0 Å². The highest BCUT2D eigenvalue weighted by molar-refractivity contribution is 14.0. The van der Waals surface area contributed by atoms with E-state index in [1.807, 2.05) is 0 Å². The zero-order chi connectivity index (χ0) is 18.6. The third-order valence-electron chi connectivity index (χ3n) is 5.16. The molecule has 2 aliphatic rings. The van der Waals surface area contributed by atoms with E-state index < -0.39 is 0 Å². The van der Waals surface area contributed by atoms with E-state index in [0.29, 0.717) is 19.1 Å². The largest absolute Gasteiger partial charge is 0.393 e. The first-order valence-electron chi connectivity index (χ1n) is 10.2. The second-order valence-electron chi connectivity index (χ2n) is 7.33. The highest BCUT2D eigenvalue weighted by Gasteiger charge is 2.25. The Morgan fingerprint density at radius 2 is 1.96 bits per heavy atom. The summed E-state index contributed by atoms with van der Waals surface area (Å²) in [6.45, 7) is 11.2. The summed E-state index contributed by atoms with van der Waals surface area (Å²) in [5.74, 6) is 1.62. The summed E-state index contributed by atoms with van der Waals surface area (Å²) in [6.07, 6.45) is 3.96. The van der Waals surface area contributed by atoms with Gasteiger partial charge in [-0.1, -0.05) is 0 Å². The molecule has 0 radical (unpaired) electrons. The summed E-state index contributed by atoms with van der Waals surface area (Å²) in [5.41, 5.74) is 0. The standard InChI is InChI=1S/C19H38N4O3.HI/c1-3-20-19(21-8-4-9-22-10-6-18(24)7-11-22)23-12-5-17(15-23)16-26-14-13-25-2;/h17-18,24H,3-16H2,1-2H3,(H,20,21);1H. The number of hydrogen-bond donors (Lipinski definition) is 2. The Morgan fingerprint density at radius 3 is 2.67 bits per heavy atom. The van der Waals surface area contributed by atoms with Crippen LogP contribution < -0.4 is 5.32 Å². The van der Waals surface area contributed by atoms with E-state index in [2.05, 4.69) is 22.0 Å². The molecule has 8 heteroatoms.